The number of halogens is 2. The first-order valence-electron chi connectivity index (χ1n) is 15.5. The van der Waals surface area contributed by atoms with Crippen LogP contribution in [0.5, 0.6) is 5.75 Å². The van der Waals surface area contributed by atoms with Crippen molar-refractivity contribution < 1.29 is 9.90 Å². The van der Waals surface area contributed by atoms with Crippen molar-refractivity contribution in [3.05, 3.63) is 51.8 Å². The molecule has 0 spiro atoms. The van der Waals surface area contributed by atoms with E-state index in [0.717, 1.165) is 49.9 Å². The third-order valence-electron chi connectivity index (χ3n) is 7.33. The fraction of sp³-hybridized carbons (Fsp3) is 0.500. The van der Waals surface area contributed by atoms with Crippen molar-refractivity contribution in [2.24, 2.45) is 0 Å². The predicted molar refractivity (Wildman–Crippen MR) is 181 cm³/mol. The summed E-state index contributed by atoms with van der Waals surface area (Å²) in [6, 6.07) is 9.04. The van der Waals surface area contributed by atoms with Crippen molar-refractivity contribution in [3.63, 3.8) is 0 Å². The van der Waals surface area contributed by atoms with E-state index in [0.29, 0.717) is 53.2 Å². The Morgan fingerprint density at radius 2 is 1.67 bits per heavy atom. The number of benzene rings is 2. The van der Waals surface area contributed by atoms with Crippen LogP contribution in [-0.4, -0.2) is 67.1 Å². The Balaban J connectivity index is 1.37. The van der Waals surface area contributed by atoms with E-state index >= 15 is 0 Å². The SMILES string of the molecule is CCCCN(CCCC)c1nc(Cl)nc(NCCNC(=O)CCc2cc(-n3nc4ccc(Cl)cc4n3)c(O)c(C(C)(C)C)c2)n1. The van der Waals surface area contributed by atoms with E-state index in [9.17, 15) is 9.90 Å². The predicted octanol–water partition coefficient (Wildman–Crippen LogP) is 6.48. The molecule has 4 rings (SSSR count). The quantitative estimate of drug-likeness (QED) is 0.123. The van der Waals surface area contributed by atoms with Gasteiger partial charge < -0.3 is 20.6 Å². The summed E-state index contributed by atoms with van der Waals surface area (Å²) in [5.41, 5.74) is 3.03. The molecule has 0 saturated carbocycles. The van der Waals surface area contributed by atoms with Crippen LogP contribution in [0.3, 0.4) is 0 Å². The number of aromatic nitrogens is 6. The lowest BCUT2D eigenvalue weighted by atomic mass is 9.84. The molecule has 2 heterocycles. The van der Waals surface area contributed by atoms with Crippen molar-refractivity contribution in [2.75, 3.05) is 36.4 Å². The first-order valence-corrected chi connectivity index (χ1v) is 16.3. The standard InChI is InChI=1S/C32H43Cl2N9O2/c1-6-8-16-42(17-9-7-2)31-38-29(34)37-30(39-31)36-15-14-35-27(44)13-10-21-18-23(32(3,4)5)28(45)26(19-21)43-40-24-12-11-22(33)20-25(24)41-43/h11-12,18-20,45H,6-10,13-17H2,1-5H3,(H,35,44)(H,36,37,38,39). The summed E-state index contributed by atoms with van der Waals surface area (Å²) in [7, 11) is 0. The first kappa shape index (κ1) is 34.2. The average Bonchev–Trinajstić information content (AvgIpc) is 3.41. The number of hydrogen-bond acceptors (Lipinski definition) is 9. The maximum atomic E-state index is 12.8. The zero-order valence-corrected chi connectivity index (χ0v) is 28.2. The number of unbranched alkanes of at least 4 members (excludes halogenated alkanes) is 2. The number of phenolic OH excluding ortho intramolecular Hbond substituents is 1. The zero-order valence-electron chi connectivity index (χ0n) is 26.7. The Kier molecular flexibility index (Phi) is 11.8. The molecule has 0 unspecified atom stereocenters. The molecule has 0 bridgehead atoms. The topological polar surface area (TPSA) is 134 Å². The van der Waals surface area contributed by atoms with Gasteiger partial charge in [-0.15, -0.1) is 15.0 Å². The van der Waals surface area contributed by atoms with Gasteiger partial charge in [0.05, 0.1) is 0 Å². The third-order valence-corrected chi connectivity index (χ3v) is 7.73. The van der Waals surface area contributed by atoms with Gasteiger partial charge in [-0.1, -0.05) is 65.1 Å². The number of nitrogens with zero attached hydrogens (tertiary/aromatic N) is 7. The monoisotopic (exact) mass is 655 g/mol. The summed E-state index contributed by atoms with van der Waals surface area (Å²) in [6.45, 7) is 12.9. The number of hydrogen-bond donors (Lipinski definition) is 3. The maximum absolute atomic E-state index is 12.8. The minimum Gasteiger partial charge on any atom is -0.505 e. The Labute approximate surface area is 274 Å². The lowest BCUT2D eigenvalue weighted by Crippen LogP contribution is -2.30. The molecule has 45 heavy (non-hydrogen) atoms. The molecular weight excluding hydrogens is 613 g/mol. The Bertz CT molecular complexity index is 1600. The fourth-order valence-corrected chi connectivity index (χ4v) is 5.16. The molecule has 11 nitrogen and oxygen atoms in total. The van der Waals surface area contributed by atoms with Gasteiger partial charge >= 0.3 is 0 Å². The molecule has 3 N–H and O–H groups in total. The van der Waals surface area contributed by atoms with Gasteiger partial charge in [-0.3, -0.25) is 4.79 Å². The highest BCUT2D eigenvalue weighted by atomic mass is 35.5. The number of rotatable bonds is 15. The molecular formula is C32H43Cl2N9O2. The summed E-state index contributed by atoms with van der Waals surface area (Å²) in [4.78, 5) is 29.5. The van der Waals surface area contributed by atoms with Crippen LogP contribution in [0, 0.1) is 0 Å². The van der Waals surface area contributed by atoms with Crippen LogP contribution >= 0.6 is 23.2 Å². The van der Waals surface area contributed by atoms with E-state index in [1.165, 1.54) is 4.80 Å². The average molecular weight is 657 g/mol. The smallest absolute Gasteiger partial charge is 0.231 e. The summed E-state index contributed by atoms with van der Waals surface area (Å²) in [6.07, 6.45) is 4.97. The van der Waals surface area contributed by atoms with Crippen molar-refractivity contribution >= 4 is 52.0 Å². The van der Waals surface area contributed by atoms with Gasteiger partial charge in [0.25, 0.3) is 0 Å². The van der Waals surface area contributed by atoms with Gasteiger partial charge in [0.1, 0.15) is 22.5 Å². The number of carbonyl (C=O) groups is 1. The molecule has 242 valence electrons. The van der Waals surface area contributed by atoms with Gasteiger partial charge in [-0.2, -0.15) is 15.0 Å². The van der Waals surface area contributed by atoms with Crippen molar-refractivity contribution in [2.45, 2.75) is 78.6 Å². The van der Waals surface area contributed by atoms with Crippen LogP contribution in [0.4, 0.5) is 11.9 Å². The highest BCUT2D eigenvalue weighted by Gasteiger charge is 2.23. The second-order valence-electron chi connectivity index (χ2n) is 12.1. The number of anilines is 2. The summed E-state index contributed by atoms with van der Waals surface area (Å²) < 4.78 is 0. The van der Waals surface area contributed by atoms with Crippen LogP contribution < -0.4 is 15.5 Å². The van der Waals surface area contributed by atoms with Crippen molar-refractivity contribution in [3.8, 4) is 11.4 Å². The molecule has 0 saturated heterocycles. The molecule has 0 aliphatic heterocycles. The third kappa shape index (κ3) is 9.40. The molecule has 0 atom stereocenters. The van der Waals surface area contributed by atoms with Gasteiger partial charge in [0.15, 0.2) is 0 Å². The van der Waals surface area contributed by atoms with E-state index < -0.39 is 0 Å². The highest BCUT2D eigenvalue weighted by Crippen LogP contribution is 2.36. The fourth-order valence-electron chi connectivity index (χ4n) is 4.83. The molecule has 2 aromatic carbocycles. The van der Waals surface area contributed by atoms with Crippen LogP contribution in [0.1, 0.15) is 77.8 Å². The van der Waals surface area contributed by atoms with Crippen LogP contribution in [0.15, 0.2) is 30.3 Å². The van der Waals surface area contributed by atoms with Crippen LogP contribution in [0.25, 0.3) is 16.7 Å². The molecule has 13 heteroatoms. The molecule has 0 fully saturated rings. The van der Waals surface area contributed by atoms with Crippen LogP contribution in [0.2, 0.25) is 10.3 Å². The lowest BCUT2D eigenvalue weighted by molar-refractivity contribution is -0.120. The molecule has 0 aliphatic rings. The number of phenols is 1. The molecule has 0 radical (unpaired) electrons. The largest absolute Gasteiger partial charge is 0.505 e. The number of fused-ring (bicyclic) bond motifs is 1. The Hall–Kier alpha value is -3.70. The molecule has 2 aromatic heterocycles. The number of amides is 1. The van der Waals surface area contributed by atoms with Crippen LogP contribution in [-0.2, 0) is 16.6 Å². The molecule has 1 amide bonds. The minimum atomic E-state index is -0.348. The normalized spacial score (nSPS) is 11.6. The maximum Gasteiger partial charge on any atom is 0.231 e. The summed E-state index contributed by atoms with van der Waals surface area (Å²) in [5.74, 6) is 0.953. The van der Waals surface area contributed by atoms with Crippen molar-refractivity contribution in [1.29, 1.82) is 0 Å². The van der Waals surface area contributed by atoms with Gasteiger partial charge in [0, 0.05) is 43.2 Å². The molecule has 4 aromatic rings. The number of aromatic hydroxyl groups is 1. The number of carbonyl (C=O) groups excluding carboxylic acids is 1. The van der Waals surface area contributed by atoms with Gasteiger partial charge in [-0.05, 0) is 66.1 Å². The van der Waals surface area contributed by atoms with E-state index in [-0.39, 0.29) is 28.8 Å². The number of nitrogens with one attached hydrogen (secondary N) is 2. The van der Waals surface area contributed by atoms with Gasteiger partial charge in [-0.25, -0.2) is 0 Å². The summed E-state index contributed by atoms with van der Waals surface area (Å²) in [5, 5.41) is 27.1. The van der Waals surface area contributed by atoms with E-state index in [1.54, 1.807) is 18.2 Å². The minimum absolute atomic E-state index is 0.0963. The van der Waals surface area contributed by atoms with Crippen molar-refractivity contribution in [1.82, 2.24) is 35.3 Å². The lowest BCUT2D eigenvalue weighted by Gasteiger charge is -2.23. The van der Waals surface area contributed by atoms with E-state index in [1.807, 2.05) is 32.9 Å². The zero-order chi connectivity index (χ0) is 32.6. The number of aryl methyl sites for hydroxylation is 1. The Morgan fingerprint density at radius 3 is 2.36 bits per heavy atom. The van der Waals surface area contributed by atoms with Gasteiger partial charge in [0.2, 0.25) is 23.1 Å². The van der Waals surface area contributed by atoms with E-state index in [4.69, 9.17) is 23.2 Å². The Morgan fingerprint density at radius 1 is 0.956 bits per heavy atom. The first-order chi connectivity index (χ1) is 21.5. The molecule has 0 aliphatic carbocycles. The second kappa shape index (κ2) is 15.5. The van der Waals surface area contributed by atoms with E-state index in [2.05, 4.69) is 54.5 Å². The second-order valence-corrected chi connectivity index (χ2v) is 12.9. The highest BCUT2D eigenvalue weighted by molar-refractivity contribution is 6.31. The summed E-state index contributed by atoms with van der Waals surface area (Å²) >= 11 is 12.4.